The van der Waals surface area contributed by atoms with Gasteiger partial charge in [0.2, 0.25) is 0 Å². The van der Waals surface area contributed by atoms with Gasteiger partial charge in [-0.25, -0.2) is 0 Å². The van der Waals surface area contributed by atoms with Crippen LogP contribution in [0.15, 0.2) is 56.6 Å². The molecule has 0 spiro atoms. The summed E-state index contributed by atoms with van der Waals surface area (Å²) in [5.74, 6) is 0. The molecule has 2 fully saturated rings. The van der Waals surface area contributed by atoms with Gasteiger partial charge >= 0.3 is 0 Å². The molecule has 3 aliphatic carbocycles. The van der Waals surface area contributed by atoms with Gasteiger partial charge in [0.05, 0.1) is 0 Å². The Morgan fingerprint density at radius 2 is 1.00 bits per heavy atom. The molecule has 0 atom stereocenters. The van der Waals surface area contributed by atoms with E-state index in [4.69, 9.17) is 9.98 Å². The van der Waals surface area contributed by atoms with Gasteiger partial charge < -0.3 is 0 Å². The van der Waals surface area contributed by atoms with Crippen LogP contribution in [0.25, 0.3) is 0 Å². The largest absolute Gasteiger partial charge is 0.282 e. The van der Waals surface area contributed by atoms with Crippen molar-refractivity contribution in [3.05, 3.63) is 46.6 Å². The molecule has 0 aromatic heterocycles. The lowest BCUT2D eigenvalue weighted by molar-refractivity contribution is 0.579. The summed E-state index contributed by atoms with van der Waals surface area (Å²) in [6.45, 7) is 3.98. The van der Waals surface area contributed by atoms with Crippen LogP contribution >= 0.6 is 0 Å². The van der Waals surface area contributed by atoms with Gasteiger partial charge in [-0.1, -0.05) is 23.3 Å². The molecule has 0 saturated carbocycles. The van der Waals surface area contributed by atoms with Crippen molar-refractivity contribution in [3.8, 4) is 0 Å². The van der Waals surface area contributed by atoms with Crippen LogP contribution in [0.4, 0.5) is 0 Å². The first-order valence-electron chi connectivity index (χ1n) is 9.68. The van der Waals surface area contributed by atoms with Gasteiger partial charge in [0.1, 0.15) is 0 Å². The van der Waals surface area contributed by atoms with E-state index in [2.05, 4.69) is 45.6 Å². The lowest BCUT2D eigenvalue weighted by Crippen LogP contribution is -2.30. The second-order valence-electron chi connectivity index (χ2n) is 7.49. The number of aliphatic imine (C=N–C) groups is 2. The van der Waals surface area contributed by atoms with Gasteiger partial charge in [-0.15, -0.1) is 0 Å². The van der Waals surface area contributed by atoms with E-state index in [0.717, 1.165) is 51.9 Å². The Balaban J connectivity index is 1.27. The third kappa shape index (κ3) is 3.38. The van der Waals surface area contributed by atoms with Gasteiger partial charge in [-0.2, -0.15) is 0 Å². The number of nitrogens with one attached hydrogen (secondary N) is 4. The average molecular weight is 350 g/mol. The van der Waals surface area contributed by atoms with Gasteiger partial charge in [-0.05, 0) is 36.1 Å². The van der Waals surface area contributed by atoms with Gasteiger partial charge in [0, 0.05) is 50.4 Å². The maximum atomic E-state index is 4.81. The highest BCUT2D eigenvalue weighted by molar-refractivity contribution is 6.00. The van der Waals surface area contributed by atoms with Crippen molar-refractivity contribution in [3.63, 3.8) is 0 Å². The minimum atomic E-state index is 0.0846. The van der Waals surface area contributed by atoms with Crippen LogP contribution in [0.2, 0.25) is 0 Å². The summed E-state index contributed by atoms with van der Waals surface area (Å²) >= 11 is 0. The fraction of sp³-hybridized carbons (Fsp3) is 0.500. The first-order chi connectivity index (χ1) is 12.8. The molecule has 0 bridgehead atoms. The van der Waals surface area contributed by atoms with Crippen molar-refractivity contribution in [2.45, 2.75) is 38.3 Å². The molecule has 5 rings (SSSR count). The van der Waals surface area contributed by atoms with E-state index in [-0.39, 0.29) is 12.6 Å². The molecule has 4 N–H and O–H groups in total. The van der Waals surface area contributed by atoms with Crippen molar-refractivity contribution < 1.29 is 0 Å². The molecular formula is C20H26N6. The van der Waals surface area contributed by atoms with Crippen LogP contribution in [0.5, 0.6) is 0 Å². The van der Waals surface area contributed by atoms with Crippen molar-refractivity contribution in [1.29, 1.82) is 0 Å². The highest BCUT2D eigenvalue weighted by atomic mass is 15.3. The molecule has 2 heterocycles. The highest BCUT2D eigenvalue weighted by Gasteiger charge is 2.25. The summed E-state index contributed by atoms with van der Waals surface area (Å²) in [4.78, 5) is 9.61. The maximum Gasteiger partial charge on any atom is 0.153 e. The van der Waals surface area contributed by atoms with Crippen molar-refractivity contribution >= 4 is 11.4 Å². The molecule has 136 valence electrons. The number of hydrogen-bond donors (Lipinski definition) is 4. The fourth-order valence-corrected chi connectivity index (χ4v) is 4.26. The normalized spacial score (nSPS) is 30.0. The monoisotopic (exact) mass is 350 g/mol. The van der Waals surface area contributed by atoms with E-state index in [0.29, 0.717) is 0 Å². The summed E-state index contributed by atoms with van der Waals surface area (Å²) in [7, 11) is 0. The zero-order chi connectivity index (χ0) is 17.3. The van der Waals surface area contributed by atoms with Crippen LogP contribution < -0.4 is 21.3 Å². The van der Waals surface area contributed by atoms with Crippen molar-refractivity contribution in [2.24, 2.45) is 9.98 Å². The van der Waals surface area contributed by atoms with Crippen LogP contribution in [0.1, 0.15) is 25.7 Å². The molecule has 0 unspecified atom stereocenters. The Morgan fingerprint density at radius 1 is 0.577 bits per heavy atom. The minimum absolute atomic E-state index is 0.0846. The zero-order valence-electron chi connectivity index (χ0n) is 15.0. The predicted octanol–water partition coefficient (Wildman–Crippen LogP) is 1.13. The first kappa shape index (κ1) is 16.3. The molecule has 2 aliphatic heterocycles. The quantitative estimate of drug-likeness (QED) is 0.602. The molecule has 0 amide bonds. The highest BCUT2D eigenvalue weighted by Crippen LogP contribution is 2.38. The molecule has 0 radical (unpaired) electrons. The van der Waals surface area contributed by atoms with Gasteiger partial charge in [0.25, 0.3) is 0 Å². The summed E-state index contributed by atoms with van der Waals surface area (Å²) in [5, 5.41) is 13.5. The summed E-state index contributed by atoms with van der Waals surface area (Å²) in [6.07, 6.45) is 13.2. The summed E-state index contributed by atoms with van der Waals surface area (Å²) < 4.78 is 0. The van der Waals surface area contributed by atoms with Crippen LogP contribution in [0.3, 0.4) is 0 Å². The summed E-state index contributed by atoms with van der Waals surface area (Å²) in [6, 6.07) is 0. The Morgan fingerprint density at radius 3 is 1.42 bits per heavy atom. The number of rotatable bonds is 2. The molecule has 5 aliphatic rings. The molecule has 6 nitrogen and oxygen atoms in total. The molecule has 2 saturated heterocycles. The Hall–Kier alpha value is -1.86. The van der Waals surface area contributed by atoms with E-state index >= 15 is 0 Å². The lowest BCUT2D eigenvalue weighted by Gasteiger charge is -2.28. The predicted molar refractivity (Wildman–Crippen MR) is 105 cm³/mol. The zero-order valence-corrected chi connectivity index (χ0v) is 15.0. The van der Waals surface area contributed by atoms with E-state index < -0.39 is 0 Å². The number of hydrogen-bond acceptors (Lipinski definition) is 6. The minimum Gasteiger partial charge on any atom is -0.282 e. The van der Waals surface area contributed by atoms with E-state index in [1.165, 1.54) is 33.7 Å². The lowest BCUT2D eigenvalue weighted by atomic mass is 9.78. The van der Waals surface area contributed by atoms with Crippen LogP contribution in [0, 0.1) is 0 Å². The van der Waals surface area contributed by atoms with Crippen LogP contribution in [-0.2, 0) is 0 Å². The average Bonchev–Trinajstić information content (AvgIpc) is 3.34. The SMILES string of the molecule is C1=CC2=C(CC1=NC1NCCN1)CC1=C(CC(=NC3NCCN3)C=C1)C2. The molecule has 26 heavy (non-hydrogen) atoms. The second-order valence-corrected chi connectivity index (χ2v) is 7.49. The van der Waals surface area contributed by atoms with Crippen molar-refractivity contribution in [2.75, 3.05) is 26.2 Å². The smallest absolute Gasteiger partial charge is 0.153 e. The van der Waals surface area contributed by atoms with E-state index in [1.54, 1.807) is 0 Å². The van der Waals surface area contributed by atoms with Crippen LogP contribution in [-0.4, -0.2) is 50.2 Å². The fourth-order valence-electron chi connectivity index (χ4n) is 4.26. The molecule has 6 heteroatoms. The Kier molecular flexibility index (Phi) is 4.42. The number of nitrogens with zero attached hydrogens (tertiary/aromatic N) is 2. The first-order valence-corrected chi connectivity index (χ1v) is 9.68. The molecule has 0 aromatic carbocycles. The Labute approximate surface area is 154 Å². The second kappa shape index (κ2) is 7.04. The number of allylic oxidation sites excluding steroid dienone is 8. The standard InChI is InChI=1S/C20H26N6/c1-3-17(25-19-21-5-6-22-19)11-15-10-14-2-4-18(12-16(14)9-13(1)15)26-20-23-7-8-24-20/h1-4,19-24H,5-12H2. The molecular weight excluding hydrogens is 324 g/mol. The Bertz CT molecular complexity index is 704. The topological polar surface area (TPSA) is 72.8 Å². The van der Waals surface area contributed by atoms with Gasteiger partial charge in [-0.3, -0.25) is 31.3 Å². The van der Waals surface area contributed by atoms with E-state index in [1.807, 2.05) is 0 Å². The van der Waals surface area contributed by atoms with Crippen molar-refractivity contribution in [1.82, 2.24) is 21.3 Å². The van der Waals surface area contributed by atoms with Gasteiger partial charge in [0.15, 0.2) is 12.6 Å². The van der Waals surface area contributed by atoms with E-state index in [9.17, 15) is 0 Å². The maximum absolute atomic E-state index is 4.81. The summed E-state index contributed by atoms with van der Waals surface area (Å²) in [5.41, 5.74) is 8.41. The third-order valence-electron chi connectivity index (χ3n) is 5.65. The third-order valence-corrected chi connectivity index (χ3v) is 5.65. The molecule has 0 aromatic rings.